The van der Waals surface area contributed by atoms with E-state index >= 15 is 0 Å². The average Bonchev–Trinajstić information content (AvgIpc) is 3.49. The lowest BCUT2D eigenvalue weighted by Gasteiger charge is -2.24. The molecule has 206 valence electrons. The average molecular weight is 516 g/mol. The zero-order chi connectivity index (χ0) is 26.1. The number of aliphatic hydroxyl groups excluding tert-OH is 1. The highest BCUT2D eigenvalue weighted by Gasteiger charge is 2.54. The highest BCUT2D eigenvalue weighted by Crippen LogP contribution is 2.52. The SMILES string of the molecule is CCCCCC(=O)NCCCCCC(O)N(C)CCCCC1(SCOC(C)CC)CC1NC(C)=O. The second-order valence-electron chi connectivity index (χ2n) is 10.2. The molecule has 0 heterocycles. The first-order chi connectivity index (χ1) is 16.7. The minimum atomic E-state index is -0.418. The Labute approximate surface area is 218 Å². The van der Waals surface area contributed by atoms with Gasteiger partial charge < -0.3 is 20.5 Å². The zero-order valence-corrected chi connectivity index (χ0v) is 23.9. The van der Waals surface area contributed by atoms with Gasteiger partial charge in [-0.2, -0.15) is 0 Å². The molecule has 1 aliphatic rings. The van der Waals surface area contributed by atoms with E-state index in [0.717, 1.165) is 90.1 Å². The molecule has 0 bridgehead atoms. The second-order valence-corrected chi connectivity index (χ2v) is 11.6. The lowest BCUT2D eigenvalue weighted by atomic mass is 10.1. The van der Waals surface area contributed by atoms with E-state index < -0.39 is 6.23 Å². The number of hydrogen-bond donors (Lipinski definition) is 3. The van der Waals surface area contributed by atoms with Crippen LogP contribution in [0.3, 0.4) is 0 Å². The number of rotatable bonds is 22. The van der Waals surface area contributed by atoms with Crippen LogP contribution in [0.15, 0.2) is 0 Å². The van der Waals surface area contributed by atoms with E-state index in [1.165, 1.54) is 0 Å². The number of nitrogens with one attached hydrogen (secondary N) is 2. The van der Waals surface area contributed by atoms with Gasteiger partial charge in [-0.3, -0.25) is 14.5 Å². The minimum Gasteiger partial charge on any atom is -0.378 e. The van der Waals surface area contributed by atoms with Crippen molar-refractivity contribution < 1.29 is 19.4 Å². The van der Waals surface area contributed by atoms with Crippen LogP contribution in [-0.4, -0.2) is 71.0 Å². The molecule has 0 aromatic heterocycles. The molecular weight excluding hydrogens is 462 g/mol. The summed E-state index contributed by atoms with van der Waals surface area (Å²) < 4.78 is 5.98. The maximum absolute atomic E-state index is 11.7. The van der Waals surface area contributed by atoms with Crippen LogP contribution >= 0.6 is 11.8 Å². The van der Waals surface area contributed by atoms with Crippen LogP contribution in [0.25, 0.3) is 0 Å². The molecule has 0 radical (unpaired) electrons. The van der Waals surface area contributed by atoms with Crippen molar-refractivity contribution in [2.24, 2.45) is 0 Å². The van der Waals surface area contributed by atoms with Gasteiger partial charge in [-0.05, 0) is 65.3 Å². The fourth-order valence-electron chi connectivity index (χ4n) is 4.24. The third kappa shape index (κ3) is 14.5. The van der Waals surface area contributed by atoms with Crippen LogP contribution in [0.1, 0.15) is 111 Å². The van der Waals surface area contributed by atoms with Crippen molar-refractivity contribution in [2.75, 3.05) is 26.1 Å². The van der Waals surface area contributed by atoms with E-state index in [4.69, 9.17) is 4.74 Å². The Balaban J connectivity index is 2.16. The molecule has 4 unspecified atom stereocenters. The maximum Gasteiger partial charge on any atom is 0.219 e. The van der Waals surface area contributed by atoms with Gasteiger partial charge in [-0.15, -0.1) is 11.8 Å². The van der Waals surface area contributed by atoms with E-state index in [1.54, 1.807) is 6.92 Å². The predicted molar refractivity (Wildman–Crippen MR) is 146 cm³/mol. The third-order valence-electron chi connectivity index (χ3n) is 7.01. The zero-order valence-electron chi connectivity index (χ0n) is 23.1. The molecule has 3 N–H and O–H groups in total. The first-order valence-corrected chi connectivity index (χ1v) is 14.9. The summed E-state index contributed by atoms with van der Waals surface area (Å²) in [4.78, 5) is 25.3. The lowest BCUT2D eigenvalue weighted by Crippen LogP contribution is -2.32. The molecule has 1 saturated carbocycles. The molecule has 0 aromatic rings. The molecule has 2 amide bonds. The molecule has 35 heavy (non-hydrogen) atoms. The number of carbonyl (C=O) groups is 2. The van der Waals surface area contributed by atoms with Crippen molar-refractivity contribution in [3.05, 3.63) is 0 Å². The van der Waals surface area contributed by atoms with E-state index in [9.17, 15) is 14.7 Å². The van der Waals surface area contributed by atoms with Gasteiger partial charge in [-0.25, -0.2) is 0 Å². The molecular formula is C27H53N3O4S. The van der Waals surface area contributed by atoms with Crippen LogP contribution in [0.4, 0.5) is 0 Å². The number of ether oxygens (including phenoxy) is 1. The standard InChI is InChI=1S/C27H53N3O4S/c1-6-8-10-15-25(32)28-18-13-9-11-16-26(33)30(5)19-14-12-17-27(20-24(27)29-23(4)31)35-21-34-22(3)7-2/h22,24,26,33H,6-21H2,1-5H3,(H,28,32)(H,29,31). The number of thioether (sulfide) groups is 1. The van der Waals surface area contributed by atoms with Gasteiger partial charge in [0.1, 0.15) is 6.23 Å². The van der Waals surface area contributed by atoms with Crippen LogP contribution < -0.4 is 10.6 Å². The third-order valence-corrected chi connectivity index (χ3v) is 8.50. The van der Waals surface area contributed by atoms with E-state index in [1.807, 2.05) is 23.7 Å². The number of amides is 2. The number of aliphatic hydroxyl groups is 1. The maximum atomic E-state index is 11.7. The Hall–Kier alpha value is -0.830. The largest absolute Gasteiger partial charge is 0.378 e. The Kier molecular flexibility index (Phi) is 16.9. The lowest BCUT2D eigenvalue weighted by molar-refractivity contribution is -0.121. The summed E-state index contributed by atoms with van der Waals surface area (Å²) >= 11 is 1.85. The van der Waals surface area contributed by atoms with Crippen molar-refractivity contribution in [3.8, 4) is 0 Å². The van der Waals surface area contributed by atoms with Crippen LogP contribution in [0.5, 0.6) is 0 Å². The van der Waals surface area contributed by atoms with Crippen molar-refractivity contribution >= 4 is 23.6 Å². The van der Waals surface area contributed by atoms with Gasteiger partial charge in [0.15, 0.2) is 0 Å². The van der Waals surface area contributed by atoms with Crippen LogP contribution in [0, 0.1) is 0 Å². The fourth-order valence-corrected chi connectivity index (χ4v) is 5.61. The van der Waals surface area contributed by atoms with Gasteiger partial charge in [0.25, 0.3) is 0 Å². The minimum absolute atomic E-state index is 0.0394. The molecule has 1 rings (SSSR count). The van der Waals surface area contributed by atoms with Crippen LogP contribution in [0.2, 0.25) is 0 Å². The summed E-state index contributed by atoms with van der Waals surface area (Å²) in [7, 11) is 1.99. The molecule has 4 atom stereocenters. The molecule has 0 saturated heterocycles. The van der Waals surface area contributed by atoms with Crippen molar-refractivity contribution in [3.63, 3.8) is 0 Å². The number of nitrogens with zero attached hydrogens (tertiary/aromatic N) is 1. The Bertz CT molecular complexity index is 595. The predicted octanol–water partition coefficient (Wildman–Crippen LogP) is 4.82. The van der Waals surface area contributed by atoms with Gasteiger partial charge in [0, 0.05) is 37.2 Å². The normalized spacial score (nSPS) is 21.1. The molecule has 1 aliphatic carbocycles. The number of unbranched alkanes of at least 4 members (excludes halogenated alkanes) is 5. The number of carbonyl (C=O) groups excluding carboxylic acids is 2. The monoisotopic (exact) mass is 515 g/mol. The van der Waals surface area contributed by atoms with Gasteiger partial charge >= 0.3 is 0 Å². The molecule has 8 heteroatoms. The Morgan fingerprint density at radius 3 is 2.60 bits per heavy atom. The summed E-state index contributed by atoms with van der Waals surface area (Å²) in [6.45, 7) is 9.55. The molecule has 0 aromatic carbocycles. The number of hydrogen-bond acceptors (Lipinski definition) is 6. The summed E-state index contributed by atoms with van der Waals surface area (Å²) in [5.74, 6) is 0.875. The van der Waals surface area contributed by atoms with Crippen molar-refractivity contribution in [2.45, 2.75) is 134 Å². The first-order valence-electron chi connectivity index (χ1n) is 13.9. The second kappa shape index (κ2) is 18.4. The summed E-state index contributed by atoms with van der Waals surface area (Å²) in [5.41, 5.74) is 0. The Morgan fingerprint density at radius 2 is 1.91 bits per heavy atom. The van der Waals surface area contributed by atoms with Gasteiger partial charge in [0.2, 0.25) is 11.8 Å². The molecule has 0 aliphatic heterocycles. The summed E-state index contributed by atoms with van der Waals surface area (Å²) in [5, 5.41) is 16.6. The summed E-state index contributed by atoms with van der Waals surface area (Å²) in [6.07, 6.45) is 12.6. The van der Waals surface area contributed by atoms with Gasteiger partial charge in [0.05, 0.1) is 12.0 Å². The smallest absolute Gasteiger partial charge is 0.219 e. The fraction of sp³-hybridized carbons (Fsp3) is 0.926. The summed E-state index contributed by atoms with van der Waals surface area (Å²) in [6, 6.07) is 0.245. The van der Waals surface area contributed by atoms with Crippen molar-refractivity contribution in [1.82, 2.24) is 15.5 Å². The first kappa shape index (κ1) is 32.2. The van der Waals surface area contributed by atoms with Crippen molar-refractivity contribution in [1.29, 1.82) is 0 Å². The van der Waals surface area contributed by atoms with Crippen LogP contribution in [-0.2, 0) is 14.3 Å². The molecule has 1 fully saturated rings. The Morgan fingerprint density at radius 1 is 1.14 bits per heavy atom. The molecule has 0 spiro atoms. The highest BCUT2D eigenvalue weighted by atomic mass is 32.2. The quantitative estimate of drug-likeness (QED) is 0.141. The van der Waals surface area contributed by atoms with E-state index in [0.29, 0.717) is 12.4 Å². The highest BCUT2D eigenvalue weighted by molar-refractivity contribution is 8.00. The van der Waals surface area contributed by atoms with Gasteiger partial charge in [-0.1, -0.05) is 39.5 Å². The van der Waals surface area contributed by atoms with E-state index in [-0.39, 0.29) is 28.7 Å². The topological polar surface area (TPSA) is 90.9 Å². The molecule has 7 nitrogen and oxygen atoms in total. The van der Waals surface area contributed by atoms with E-state index in [2.05, 4.69) is 31.4 Å².